The summed E-state index contributed by atoms with van der Waals surface area (Å²) in [6.07, 6.45) is -5.75. The van der Waals surface area contributed by atoms with Crippen molar-refractivity contribution in [3.63, 3.8) is 0 Å². The van der Waals surface area contributed by atoms with Crippen LogP contribution in [0.2, 0.25) is 0 Å². The molecule has 0 radical (unpaired) electrons. The first kappa shape index (κ1) is 19.1. The van der Waals surface area contributed by atoms with Gasteiger partial charge in [0.2, 0.25) is 0 Å². The lowest BCUT2D eigenvalue weighted by Gasteiger charge is -2.21. The van der Waals surface area contributed by atoms with Crippen molar-refractivity contribution >= 4 is 5.97 Å². The largest absolute Gasteiger partial charge is 0.443 e. The second-order valence-electron chi connectivity index (χ2n) is 6.01. The number of ether oxygens (including phenoxy) is 3. The second-order valence-corrected chi connectivity index (χ2v) is 6.01. The first-order valence-electron chi connectivity index (χ1n) is 8.47. The maximum Gasteiger partial charge on any atom is 0.339 e. The molecule has 2 aromatic carbocycles. The van der Waals surface area contributed by atoms with E-state index in [1.807, 2.05) is 30.3 Å². The van der Waals surface area contributed by atoms with Crippen LogP contribution in [0.1, 0.15) is 15.9 Å². The Morgan fingerprint density at radius 3 is 2.26 bits per heavy atom. The Bertz CT molecular complexity index is 811. The van der Waals surface area contributed by atoms with Crippen molar-refractivity contribution in [2.75, 3.05) is 7.11 Å². The van der Waals surface area contributed by atoms with Crippen LogP contribution in [0.25, 0.3) is 0 Å². The van der Waals surface area contributed by atoms with E-state index in [0.29, 0.717) is 5.56 Å². The van der Waals surface area contributed by atoms with E-state index in [-0.39, 0.29) is 0 Å². The SMILES string of the molecule is CO[C@@H]1O[C@H]([C@@H](C#Cc2ccccc2)OC(=O)c2ccccc2)[C@@H](O)[C@H]1O. The molecule has 1 saturated heterocycles. The summed E-state index contributed by atoms with van der Waals surface area (Å²) >= 11 is 0. The number of rotatable bonds is 4. The Morgan fingerprint density at radius 1 is 1.04 bits per heavy atom. The fourth-order valence-corrected chi connectivity index (χ4v) is 2.73. The summed E-state index contributed by atoms with van der Waals surface area (Å²) in [6, 6.07) is 17.6. The summed E-state index contributed by atoms with van der Waals surface area (Å²) in [5.41, 5.74) is 1.06. The number of aliphatic hydroxyl groups excluding tert-OH is 2. The minimum atomic E-state index is -1.31. The van der Waals surface area contributed by atoms with Gasteiger partial charge >= 0.3 is 5.97 Å². The van der Waals surface area contributed by atoms with Gasteiger partial charge in [-0.2, -0.15) is 0 Å². The number of benzene rings is 2. The zero-order valence-electron chi connectivity index (χ0n) is 14.7. The quantitative estimate of drug-likeness (QED) is 0.626. The summed E-state index contributed by atoms with van der Waals surface area (Å²) in [6.45, 7) is 0. The van der Waals surface area contributed by atoms with Crippen LogP contribution in [0, 0.1) is 11.8 Å². The Kier molecular flexibility index (Phi) is 6.22. The number of hydrogen-bond acceptors (Lipinski definition) is 6. The van der Waals surface area contributed by atoms with Crippen molar-refractivity contribution in [1.82, 2.24) is 0 Å². The third kappa shape index (κ3) is 4.54. The average molecular weight is 368 g/mol. The topological polar surface area (TPSA) is 85.2 Å². The van der Waals surface area contributed by atoms with Crippen LogP contribution in [-0.2, 0) is 14.2 Å². The molecule has 27 heavy (non-hydrogen) atoms. The third-order valence-electron chi connectivity index (χ3n) is 4.16. The molecule has 3 rings (SSSR count). The van der Waals surface area contributed by atoms with E-state index in [1.165, 1.54) is 7.11 Å². The average Bonchev–Trinajstić information content (AvgIpc) is 3.00. The molecule has 6 heteroatoms. The molecule has 0 saturated carbocycles. The van der Waals surface area contributed by atoms with Crippen molar-refractivity contribution in [3.8, 4) is 11.8 Å². The Morgan fingerprint density at radius 2 is 1.67 bits per heavy atom. The molecule has 1 aliphatic heterocycles. The van der Waals surface area contributed by atoms with Gasteiger partial charge < -0.3 is 24.4 Å². The van der Waals surface area contributed by atoms with Gasteiger partial charge in [0.15, 0.2) is 12.4 Å². The van der Waals surface area contributed by atoms with Crippen LogP contribution in [0.3, 0.4) is 0 Å². The zero-order valence-corrected chi connectivity index (χ0v) is 14.7. The van der Waals surface area contributed by atoms with Gasteiger partial charge in [-0.15, -0.1) is 0 Å². The zero-order chi connectivity index (χ0) is 19.2. The van der Waals surface area contributed by atoms with Crippen LogP contribution >= 0.6 is 0 Å². The minimum Gasteiger partial charge on any atom is -0.443 e. The maximum absolute atomic E-state index is 12.4. The van der Waals surface area contributed by atoms with Gasteiger partial charge in [0, 0.05) is 12.7 Å². The molecule has 0 unspecified atom stereocenters. The molecule has 1 aliphatic rings. The smallest absolute Gasteiger partial charge is 0.339 e. The van der Waals surface area contributed by atoms with E-state index in [1.54, 1.807) is 30.3 Å². The lowest BCUT2D eigenvalue weighted by Crippen LogP contribution is -2.40. The molecule has 2 aromatic rings. The number of methoxy groups -OCH3 is 1. The molecule has 140 valence electrons. The first-order chi connectivity index (χ1) is 13.1. The molecule has 6 nitrogen and oxygen atoms in total. The number of hydrogen-bond donors (Lipinski definition) is 2. The highest BCUT2D eigenvalue weighted by Gasteiger charge is 2.47. The van der Waals surface area contributed by atoms with Gasteiger partial charge in [0.1, 0.15) is 18.3 Å². The molecule has 2 N–H and O–H groups in total. The van der Waals surface area contributed by atoms with Gasteiger partial charge in [0.25, 0.3) is 0 Å². The third-order valence-corrected chi connectivity index (χ3v) is 4.16. The lowest BCUT2D eigenvalue weighted by molar-refractivity contribution is -0.158. The highest BCUT2D eigenvalue weighted by atomic mass is 16.7. The Hall–Kier alpha value is -2.69. The predicted octanol–water partition coefficient (Wildman–Crippen LogP) is 1.36. The normalized spacial score (nSPS) is 25.3. The van der Waals surface area contributed by atoms with Crippen molar-refractivity contribution in [2.24, 2.45) is 0 Å². The molecular formula is C21H20O6. The van der Waals surface area contributed by atoms with Crippen LogP contribution in [0.4, 0.5) is 0 Å². The van der Waals surface area contributed by atoms with Crippen molar-refractivity contribution in [3.05, 3.63) is 71.8 Å². The van der Waals surface area contributed by atoms with E-state index < -0.39 is 36.7 Å². The molecule has 1 heterocycles. The predicted molar refractivity (Wildman–Crippen MR) is 96.6 cm³/mol. The molecule has 0 spiro atoms. The summed E-state index contributed by atoms with van der Waals surface area (Å²) in [4.78, 5) is 12.4. The van der Waals surface area contributed by atoms with Crippen LogP contribution in [0.15, 0.2) is 60.7 Å². The van der Waals surface area contributed by atoms with Crippen LogP contribution in [-0.4, -0.2) is 54.0 Å². The Labute approximate surface area is 157 Å². The first-order valence-corrected chi connectivity index (χ1v) is 8.47. The molecule has 0 aliphatic carbocycles. The van der Waals surface area contributed by atoms with Crippen LogP contribution in [0.5, 0.6) is 0 Å². The summed E-state index contributed by atoms with van der Waals surface area (Å²) in [7, 11) is 1.35. The molecule has 5 atom stereocenters. The van der Waals surface area contributed by atoms with Crippen LogP contribution < -0.4 is 0 Å². The highest BCUT2D eigenvalue weighted by Crippen LogP contribution is 2.26. The van der Waals surface area contributed by atoms with E-state index in [0.717, 1.165) is 5.56 Å². The minimum absolute atomic E-state index is 0.348. The molecule has 0 aromatic heterocycles. The summed E-state index contributed by atoms with van der Waals surface area (Å²) in [5, 5.41) is 20.3. The second kappa shape index (κ2) is 8.80. The molecule has 1 fully saturated rings. The fraction of sp³-hybridized carbons (Fsp3) is 0.286. The number of carbonyl (C=O) groups is 1. The number of aliphatic hydroxyl groups is 2. The van der Waals surface area contributed by atoms with Gasteiger partial charge in [-0.3, -0.25) is 0 Å². The van der Waals surface area contributed by atoms with E-state index in [9.17, 15) is 15.0 Å². The fourth-order valence-electron chi connectivity index (χ4n) is 2.73. The monoisotopic (exact) mass is 368 g/mol. The van der Waals surface area contributed by atoms with Gasteiger partial charge in [0.05, 0.1) is 5.56 Å². The molecule has 0 amide bonds. The summed E-state index contributed by atoms with van der Waals surface area (Å²) in [5.74, 6) is 5.13. The van der Waals surface area contributed by atoms with Gasteiger partial charge in [-0.25, -0.2) is 4.79 Å². The maximum atomic E-state index is 12.4. The highest BCUT2D eigenvalue weighted by molar-refractivity contribution is 5.89. The Balaban J connectivity index is 1.85. The lowest BCUT2D eigenvalue weighted by atomic mass is 10.1. The molecule has 0 bridgehead atoms. The van der Waals surface area contributed by atoms with Crippen molar-refractivity contribution in [1.29, 1.82) is 0 Å². The van der Waals surface area contributed by atoms with E-state index >= 15 is 0 Å². The molecular weight excluding hydrogens is 348 g/mol. The van der Waals surface area contributed by atoms with Gasteiger partial charge in [-0.1, -0.05) is 48.2 Å². The summed E-state index contributed by atoms with van der Waals surface area (Å²) < 4.78 is 16.0. The van der Waals surface area contributed by atoms with E-state index in [2.05, 4.69) is 11.8 Å². The standard InChI is InChI=1S/C21H20O6/c1-25-21-18(23)17(22)19(27-21)16(13-12-14-8-4-2-5-9-14)26-20(24)15-10-6-3-7-11-15/h2-11,16-19,21-23H,1H3/t16-,17+,18-,19-,21-/m1/s1. The van der Waals surface area contributed by atoms with Gasteiger partial charge in [-0.05, 0) is 24.3 Å². The number of carbonyl (C=O) groups excluding carboxylic acids is 1. The van der Waals surface area contributed by atoms with E-state index in [4.69, 9.17) is 14.2 Å². The van der Waals surface area contributed by atoms with Crippen molar-refractivity contribution in [2.45, 2.75) is 30.7 Å². The van der Waals surface area contributed by atoms with Crippen molar-refractivity contribution < 1.29 is 29.2 Å². The number of esters is 1.